The third-order valence-corrected chi connectivity index (χ3v) is 3.69. The Morgan fingerprint density at radius 1 is 0.714 bits per heavy atom. The van der Waals surface area contributed by atoms with Crippen molar-refractivity contribution >= 4 is 11.0 Å². The first-order valence-electron chi connectivity index (χ1n) is 7.00. The summed E-state index contributed by atoms with van der Waals surface area (Å²) in [5.41, 5.74) is 5.67. The molecule has 0 radical (unpaired) electrons. The predicted molar refractivity (Wildman–Crippen MR) is 87.0 cm³/mol. The van der Waals surface area contributed by atoms with Gasteiger partial charge in [0.2, 0.25) is 0 Å². The van der Waals surface area contributed by atoms with Gasteiger partial charge in [-0.2, -0.15) is 0 Å². The number of aromatic nitrogens is 2. The second kappa shape index (κ2) is 4.91. The normalized spacial score (nSPS) is 10.9. The number of hydrogen-bond acceptors (Lipinski definition) is 1. The number of rotatable bonds is 2. The summed E-state index contributed by atoms with van der Waals surface area (Å²) in [6.07, 6.45) is 1.81. The fraction of sp³-hybridized carbons (Fsp3) is 0. The lowest BCUT2D eigenvalue weighted by atomic mass is 9.98. The Balaban J connectivity index is 1.93. The summed E-state index contributed by atoms with van der Waals surface area (Å²) < 4.78 is 0. The van der Waals surface area contributed by atoms with Crippen LogP contribution >= 0.6 is 0 Å². The molecule has 2 heterocycles. The summed E-state index contributed by atoms with van der Waals surface area (Å²) in [4.78, 5) is 7.79. The van der Waals surface area contributed by atoms with Crippen molar-refractivity contribution in [2.45, 2.75) is 0 Å². The highest BCUT2D eigenvalue weighted by Gasteiger charge is 2.09. The Hall–Kier alpha value is -2.87. The third-order valence-electron chi connectivity index (χ3n) is 3.69. The first-order valence-corrected chi connectivity index (χ1v) is 7.00. The number of benzene rings is 2. The molecule has 1 N–H and O–H groups in total. The maximum Gasteiger partial charge on any atom is 0.137 e. The quantitative estimate of drug-likeness (QED) is 0.551. The molecule has 0 amide bonds. The SMILES string of the molecule is c1ccc(-c2ccccc2-c2cc3cccnc3[nH]2)cc1. The zero-order chi connectivity index (χ0) is 14.1. The van der Waals surface area contributed by atoms with Crippen LogP contribution in [0.4, 0.5) is 0 Å². The van der Waals surface area contributed by atoms with E-state index in [0.29, 0.717) is 0 Å². The van der Waals surface area contributed by atoms with Crippen molar-refractivity contribution in [3.8, 4) is 22.4 Å². The molecule has 0 unspecified atom stereocenters. The van der Waals surface area contributed by atoms with Gasteiger partial charge in [0.1, 0.15) is 5.65 Å². The lowest BCUT2D eigenvalue weighted by molar-refractivity contribution is 1.32. The van der Waals surface area contributed by atoms with Gasteiger partial charge >= 0.3 is 0 Å². The molecular weight excluding hydrogens is 256 g/mol. The van der Waals surface area contributed by atoms with E-state index in [1.165, 1.54) is 16.7 Å². The average molecular weight is 270 g/mol. The van der Waals surface area contributed by atoms with Crippen molar-refractivity contribution in [2.75, 3.05) is 0 Å². The van der Waals surface area contributed by atoms with Crippen LogP contribution < -0.4 is 0 Å². The van der Waals surface area contributed by atoms with Crippen LogP contribution in [0.15, 0.2) is 79.0 Å². The lowest BCUT2D eigenvalue weighted by Gasteiger charge is -2.08. The van der Waals surface area contributed by atoms with Crippen molar-refractivity contribution in [2.24, 2.45) is 0 Å². The molecule has 0 saturated heterocycles. The van der Waals surface area contributed by atoms with E-state index >= 15 is 0 Å². The Morgan fingerprint density at radius 3 is 2.29 bits per heavy atom. The van der Waals surface area contributed by atoms with Crippen LogP contribution in [0.5, 0.6) is 0 Å². The van der Waals surface area contributed by atoms with Gasteiger partial charge in [-0.15, -0.1) is 0 Å². The zero-order valence-electron chi connectivity index (χ0n) is 11.5. The Kier molecular flexibility index (Phi) is 2.79. The van der Waals surface area contributed by atoms with Crippen LogP contribution in [0.1, 0.15) is 0 Å². The van der Waals surface area contributed by atoms with Crippen LogP contribution in [0, 0.1) is 0 Å². The number of hydrogen-bond donors (Lipinski definition) is 1. The molecule has 0 aliphatic heterocycles. The van der Waals surface area contributed by atoms with Gasteiger partial charge in [-0.25, -0.2) is 4.98 Å². The van der Waals surface area contributed by atoms with E-state index in [0.717, 1.165) is 16.7 Å². The molecule has 0 aliphatic rings. The topological polar surface area (TPSA) is 28.7 Å². The smallest absolute Gasteiger partial charge is 0.137 e. The predicted octanol–water partition coefficient (Wildman–Crippen LogP) is 4.90. The summed E-state index contributed by atoms with van der Waals surface area (Å²) in [7, 11) is 0. The first-order chi connectivity index (χ1) is 10.4. The van der Waals surface area contributed by atoms with Gasteiger partial charge in [0.15, 0.2) is 0 Å². The molecular formula is C19H14N2. The van der Waals surface area contributed by atoms with Crippen molar-refractivity contribution in [3.63, 3.8) is 0 Å². The highest BCUT2D eigenvalue weighted by molar-refractivity contribution is 5.88. The number of fused-ring (bicyclic) bond motifs is 1. The largest absolute Gasteiger partial charge is 0.339 e. The average Bonchev–Trinajstić information content (AvgIpc) is 2.99. The van der Waals surface area contributed by atoms with Gasteiger partial charge in [0.25, 0.3) is 0 Å². The molecule has 4 aromatic rings. The number of pyridine rings is 1. The van der Waals surface area contributed by atoms with Crippen LogP contribution in [-0.4, -0.2) is 9.97 Å². The fourth-order valence-electron chi connectivity index (χ4n) is 2.69. The van der Waals surface area contributed by atoms with Crippen molar-refractivity contribution in [1.82, 2.24) is 9.97 Å². The standard InChI is InChI=1S/C19H14N2/c1-2-7-14(8-3-1)16-10-4-5-11-17(16)18-13-15-9-6-12-20-19(15)21-18/h1-13H,(H,20,21). The highest BCUT2D eigenvalue weighted by atomic mass is 14.8. The first kappa shape index (κ1) is 11.9. The van der Waals surface area contributed by atoms with E-state index in [1.54, 1.807) is 0 Å². The van der Waals surface area contributed by atoms with Crippen molar-refractivity contribution < 1.29 is 0 Å². The lowest BCUT2D eigenvalue weighted by Crippen LogP contribution is -1.84. The molecule has 0 saturated carbocycles. The van der Waals surface area contributed by atoms with E-state index in [4.69, 9.17) is 0 Å². The number of aromatic amines is 1. The minimum atomic E-state index is 0.926. The maximum atomic E-state index is 4.37. The molecule has 21 heavy (non-hydrogen) atoms. The molecule has 2 heteroatoms. The summed E-state index contributed by atoms with van der Waals surface area (Å²) >= 11 is 0. The molecule has 2 aromatic heterocycles. The maximum absolute atomic E-state index is 4.37. The van der Waals surface area contributed by atoms with Crippen molar-refractivity contribution in [3.05, 3.63) is 79.0 Å². The summed E-state index contributed by atoms with van der Waals surface area (Å²) in [6, 6.07) is 25.1. The van der Waals surface area contributed by atoms with E-state index in [1.807, 2.05) is 18.3 Å². The van der Waals surface area contributed by atoms with E-state index < -0.39 is 0 Å². The second-order valence-corrected chi connectivity index (χ2v) is 5.04. The summed E-state index contributed by atoms with van der Waals surface area (Å²) in [5.74, 6) is 0. The van der Waals surface area contributed by atoms with Crippen LogP contribution in [0.25, 0.3) is 33.4 Å². The highest BCUT2D eigenvalue weighted by Crippen LogP contribution is 2.32. The second-order valence-electron chi connectivity index (χ2n) is 5.04. The van der Waals surface area contributed by atoms with Gasteiger partial charge in [0, 0.05) is 22.8 Å². The summed E-state index contributed by atoms with van der Waals surface area (Å²) in [5, 5.41) is 1.13. The minimum absolute atomic E-state index is 0.926. The third kappa shape index (κ3) is 2.11. The van der Waals surface area contributed by atoms with Gasteiger partial charge in [0.05, 0.1) is 0 Å². The molecule has 0 aliphatic carbocycles. The summed E-state index contributed by atoms with van der Waals surface area (Å²) in [6.45, 7) is 0. The molecule has 2 aromatic carbocycles. The molecule has 4 rings (SSSR count). The number of nitrogens with zero attached hydrogens (tertiary/aromatic N) is 1. The van der Waals surface area contributed by atoms with Gasteiger partial charge < -0.3 is 4.98 Å². The van der Waals surface area contributed by atoms with E-state index in [-0.39, 0.29) is 0 Å². The molecule has 0 fully saturated rings. The minimum Gasteiger partial charge on any atom is -0.339 e. The number of nitrogens with one attached hydrogen (secondary N) is 1. The van der Waals surface area contributed by atoms with Gasteiger partial charge in [-0.05, 0) is 29.3 Å². The Morgan fingerprint density at radius 2 is 1.48 bits per heavy atom. The Bertz CT molecular complexity index is 859. The molecule has 0 atom stereocenters. The molecule has 2 nitrogen and oxygen atoms in total. The number of H-pyrrole nitrogens is 1. The van der Waals surface area contributed by atoms with E-state index in [9.17, 15) is 0 Å². The monoisotopic (exact) mass is 270 g/mol. The van der Waals surface area contributed by atoms with Gasteiger partial charge in [-0.1, -0.05) is 54.6 Å². The van der Waals surface area contributed by atoms with Crippen LogP contribution in [0.3, 0.4) is 0 Å². The van der Waals surface area contributed by atoms with Crippen molar-refractivity contribution in [1.29, 1.82) is 0 Å². The van der Waals surface area contributed by atoms with Gasteiger partial charge in [-0.3, -0.25) is 0 Å². The molecule has 0 bridgehead atoms. The Labute approximate surface area is 123 Å². The van der Waals surface area contributed by atoms with Crippen LogP contribution in [-0.2, 0) is 0 Å². The molecule has 100 valence electrons. The zero-order valence-corrected chi connectivity index (χ0v) is 11.5. The van der Waals surface area contributed by atoms with Crippen LogP contribution in [0.2, 0.25) is 0 Å². The van der Waals surface area contributed by atoms with E-state index in [2.05, 4.69) is 70.6 Å². The molecule has 0 spiro atoms. The fourth-order valence-corrected chi connectivity index (χ4v) is 2.69.